The molecule has 166 valence electrons. The molecular formula is C22H32N2O5S. The molecule has 30 heavy (non-hydrogen) atoms. The lowest BCUT2D eigenvalue weighted by Crippen LogP contribution is -2.45. The molecule has 0 bridgehead atoms. The van der Waals surface area contributed by atoms with E-state index in [1.807, 2.05) is 0 Å². The lowest BCUT2D eigenvalue weighted by Gasteiger charge is -2.34. The van der Waals surface area contributed by atoms with E-state index in [0.29, 0.717) is 24.7 Å². The summed E-state index contributed by atoms with van der Waals surface area (Å²) in [6.07, 6.45) is 4.02. The monoisotopic (exact) mass is 436 g/mol. The van der Waals surface area contributed by atoms with Crippen molar-refractivity contribution in [3.05, 3.63) is 30.3 Å². The third kappa shape index (κ3) is 5.40. The Morgan fingerprint density at radius 3 is 2.40 bits per heavy atom. The van der Waals surface area contributed by atoms with E-state index in [1.165, 1.54) is 10.7 Å². The van der Waals surface area contributed by atoms with Crippen LogP contribution < -0.4 is 5.32 Å². The quantitative estimate of drug-likeness (QED) is 0.692. The highest BCUT2D eigenvalue weighted by Gasteiger charge is 2.33. The van der Waals surface area contributed by atoms with Crippen LogP contribution in [0.4, 0.5) is 0 Å². The first-order valence-corrected chi connectivity index (χ1v) is 12.2. The SMILES string of the molecule is C[C@@H]1[C@H](C)CCC[C@H]1NC(=O)COC(=O)C1CCN(S(=O)(=O)c2ccccc2)CC1. The van der Waals surface area contributed by atoms with Crippen LogP contribution in [0.2, 0.25) is 0 Å². The summed E-state index contributed by atoms with van der Waals surface area (Å²) < 4.78 is 32.0. The summed E-state index contributed by atoms with van der Waals surface area (Å²) in [6.45, 7) is 4.60. The van der Waals surface area contributed by atoms with Crippen LogP contribution in [0.25, 0.3) is 0 Å². The molecule has 0 radical (unpaired) electrons. The van der Waals surface area contributed by atoms with Crippen molar-refractivity contribution in [2.75, 3.05) is 19.7 Å². The van der Waals surface area contributed by atoms with Crippen molar-refractivity contribution in [3.8, 4) is 0 Å². The minimum Gasteiger partial charge on any atom is -0.455 e. The third-order valence-corrected chi connectivity index (χ3v) is 8.48. The van der Waals surface area contributed by atoms with Gasteiger partial charge >= 0.3 is 5.97 Å². The summed E-state index contributed by atoms with van der Waals surface area (Å²) >= 11 is 0. The van der Waals surface area contributed by atoms with Gasteiger partial charge < -0.3 is 10.1 Å². The Morgan fingerprint density at radius 2 is 1.73 bits per heavy atom. The zero-order valence-electron chi connectivity index (χ0n) is 17.7. The second-order valence-electron chi connectivity index (χ2n) is 8.54. The fourth-order valence-electron chi connectivity index (χ4n) is 4.36. The average Bonchev–Trinajstić information content (AvgIpc) is 2.76. The van der Waals surface area contributed by atoms with E-state index in [1.54, 1.807) is 30.3 Å². The van der Waals surface area contributed by atoms with Crippen molar-refractivity contribution in [1.82, 2.24) is 9.62 Å². The molecule has 1 saturated heterocycles. The van der Waals surface area contributed by atoms with Crippen LogP contribution in [0.15, 0.2) is 35.2 Å². The first kappa shape index (κ1) is 22.7. The fourth-order valence-corrected chi connectivity index (χ4v) is 5.85. The molecule has 0 aromatic heterocycles. The number of nitrogens with zero attached hydrogens (tertiary/aromatic N) is 1. The maximum absolute atomic E-state index is 12.7. The lowest BCUT2D eigenvalue weighted by molar-refractivity contribution is -0.154. The van der Waals surface area contributed by atoms with Gasteiger partial charge in [0.1, 0.15) is 0 Å². The van der Waals surface area contributed by atoms with E-state index in [9.17, 15) is 18.0 Å². The Bertz CT molecular complexity index is 834. The summed E-state index contributed by atoms with van der Waals surface area (Å²) in [5, 5.41) is 3.00. The smallest absolute Gasteiger partial charge is 0.309 e. The molecule has 3 atom stereocenters. The number of rotatable bonds is 6. The Labute approximate surface area is 179 Å². The number of piperidine rings is 1. The minimum atomic E-state index is -3.55. The molecule has 8 heteroatoms. The zero-order valence-corrected chi connectivity index (χ0v) is 18.6. The molecule has 1 aromatic rings. The number of carbonyl (C=O) groups excluding carboxylic acids is 2. The Morgan fingerprint density at radius 1 is 1.07 bits per heavy atom. The predicted molar refractivity (Wildman–Crippen MR) is 113 cm³/mol. The van der Waals surface area contributed by atoms with Crippen molar-refractivity contribution in [1.29, 1.82) is 0 Å². The van der Waals surface area contributed by atoms with Crippen LogP contribution >= 0.6 is 0 Å². The molecule has 0 spiro atoms. The van der Waals surface area contributed by atoms with Crippen LogP contribution in [0.5, 0.6) is 0 Å². The second kappa shape index (κ2) is 9.92. The number of esters is 1. The number of amides is 1. The van der Waals surface area contributed by atoms with Gasteiger partial charge in [0.2, 0.25) is 10.0 Å². The van der Waals surface area contributed by atoms with Crippen molar-refractivity contribution in [2.45, 2.75) is 56.9 Å². The summed E-state index contributed by atoms with van der Waals surface area (Å²) in [5.74, 6) is -0.0859. The summed E-state index contributed by atoms with van der Waals surface area (Å²) in [6, 6.07) is 8.43. The first-order valence-electron chi connectivity index (χ1n) is 10.8. The van der Waals surface area contributed by atoms with E-state index in [-0.39, 0.29) is 42.5 Å². The molecule has 3 rings (SSSR count). The topological polar surface area (TPSA) is 92.8 Å². The number of hydrogen-bond acceptors (Lipinski definition) is 5. The van der Waals surface area contributed by atoms with Gasteiger partial charge in [-0.2, -0.15) is 4.31 Å². The van der Waals surface area contributed by atoms with Crippen molar-refractivity contribution >= 4 is 21.9 Å². The van der Waals surface area contributed by atoms with Gasteiger partial charge in [0.25, 0.3) is 5.91 Å². The van der Waals surface area contributed by atoms with Gasteiger partial charge in [-0.25, -0.2) is 8.42 Å². The van der Waals surface area contributed by atoms with Gasteiger partial charge in [-0.1, -0.05) is 44.9 Å². The molecule has 2 fully saturated rings. The molecule has 0 unspecified atom stereocenters. The summed E-state index contributed by atoms with van der Waals surface area (Å²) in [5.41, 5.74) is 0. The van der Waals surface area contributed by atoms with Gasteiger partial charge in [-0.15, -0.1) is 0 Å². The standard InChI is InChI=1S/C22H32N2O5S/c1-16-7-6-10-20(17(16)2)23-21(25)15-29-22(26)18-11-13-24(14-12-18)30(27,28)19-8-4-3-5-9-19/h3-5,8-9,16-18,20H,6-7,10-15H2,1-2H3,(H,23,25)/t16-,17-,20-/m1/s1. The van der Waals surface area contributed by atoms with Gasteiger partial charge in [-0.3, -0.25) is 9.59 Å². The van der Waals surface area contributed by atoms with Crippen LogP contribution in [-0.4, -0.2) is 50.3 Å². The normalized spacial score (nSPS) is 26.1. The highest BCUT2D eigenvalue weighted by atomic mass is 32.2. The molecule has 1 aliphatic heterocycles. The van der Waals surface area contributed by atoms with Crippen molar-refractivity contribution < 1.29 is 22.7 Å². The van der Waals surface area contributed by atoms with Gasteiger partial charge in [0.05, 0.1) is 10.8 Å². The molecule has 1 aliphatic carbocycles. The van der Waals surface area contributed by atoms with E-state index < -0.39 is 16.0 Å². The lowest BCUT2D eigenvalue weighted by atomic mass is 9.78. The van der Waals surface area contributed by atoms with Crippen LogP contribution in [-0.2, 0) is 24.3 Å². The van der Waals surface area contributed by atoms with Crippen LogP contribution in [0, 0.1) is 17.8 Å². The average molecular weight is 437 g/mol. The Hall–Kier alpha value is -1.93. The van der Waals surface area contributed by atoms with E-state index in [4.69, 9.17) is 4.74 Å². The molecular weight excluding hydrogens is 404 g/mol. The molecule has 2 aliphatic rings. The summed E-state index contributed by atoms with van der Waals surface area (Å²) in [4.78, 5) is 24.8. The Balaban J connectivity index is 1.44. The molecule has 1 amide bonds. The van der Waals surface area contributed by atoms with Crippen LogP contribution in [0.1, 0.15) is 46.0 Å². The number of ether oxygens (including phenoxy) is 1. The maximum atomic E-state index is 12.7. The molecule has 1 saturated carbocycles. The fraction of sp³-hybridized carbons (Fsp3) is 0.636. The van der Waals surface area contributed by atoms with Gasteiger partial charge in [0, 0.05) is 19.1 Å². The zero-order chi connectivity index (χ0) is 21.7. The molecule has 1 heterocycles. The van der Waals surface area contributed by atoms with E-state index in [2.05, 4.69) is 19.2 Å². The minimum absolute atomic E-state index is 0.131. The van der Waals surface area contributed by atoms with Gasteiger partial charge in [-0.05, 0) is 43.2 Å². The molecule has 7 nitrogen and oxygen atoms in total. The number of hydrogen-bond donors (Lipinski definition) is 1. The number of sulfonamides is 1. The molecule has 1 N–H and O–H groups in total. The second-order valence-corrected chi connectivity index (χ2v) is 10.5. The van der Waals surface area contributed by atoms with E-state index in [0.717, 1.165) is 12.8 Å². The number of carbonyl (C=O) groups is 2. The number of nitrogens with one attached hydrogen (secondary N) is 1. The van der Waals surface area contributed by atoms with Crippen molar-refractivity contribution in [2.24, 2.45) is 17.8 Å². The highest BCUT2D eigenvalue weighted by molar-refractivity contribution is 7.89. The van der Waals surface area contributed by atoms with Crippen molar-refractivity contribution in [3.63, 3.8) is 0 Å². The van der Waals surface area contributed by atoms with Gasteiger partial charge in [0.15, 0.2) is 6.61 Å². The molecule has 1 aromatic carbocycles. The maximum Gasteiger partial charge on any atom is 0.309 e. The predicted octanol–water partition coefficient (Wildman–Crippen LogP) is 2.57. The van der Waals surface area contributed by atoms with Crippen LogP contribution in [0.3, 0.4) is 0 Å². The highest BCUT2D eigenvalue weighted by Crippen LogP contribution is 2.29. The largest absolute Gasteiger partial charge is 0.455 e. The Kier molecular flexibility index (Phi) is 7.52. The first-order chi connectivity index (χ1) is 14.3. The number of benzene rings is 1. The summed E-state index contributed by atoms with van der Waals surface area (Å²) in [7, 11) is -3.55. The third-order valence-electron chi connectivity index (χ3n) is 6.57. The van der Waals surface area contributed by atoms with E-state index >= 15 is 0 Å².